The molecule has 1 aromatic carbocycles. The fraction of sp³-hybridized carbons (Fsp3) is 0.500. The summed E-state index contributed by atoms with van der Waals surface area (Å²) in [6.45, 7) is 1.90. The molecule has 0 saturated heterocycles. The zero-order chi connectivity index (χ0) is 15.1. The molecule has 0 spiro atoms. The lowest BCUT2D eigenvalue weighted by Crippen LogP contribution is -2.26. The van der Waals surface area contributed by atoms with E-state index < -0.39 is 12.1 Å². The summed E-state index contributed by atoms with van der Waals surface area (Å²) >= 11 is 0. The van der Waals surface area contributed by atoms with E-state index in [9.17, 15) is 4.79 Å². The highest BCUT2D eigenvalue weighted by Crippen LogP contribution is 2.41. The van der Waals surface area contributed by atoms with E-state index in [4.69, 9.17) is 24.1 Å². The van der Waals surface area contributed by atoms with Gasteiger partial charge in [0.15, 0.2) is 17.6 Å². The molecule has 0 fully saturated rings. The van der Waals surface area contributed by atoms with E-state index in [0.29, 0.717) is 35.8 Å². The van der Waals surface area contributed by atoms with Crippen molar-refractivity contribution in [2.75, 3.05) is 21.3 Å². The Hall–Kier alpha value is -2.11. The van der Waals surface area contributed by atoms with E-state index in [1.807, 2.05) is 6.92 Å². The molecule has 0 aliphatic carbocycles. The van der Waals surface area contributed by atoms with Crippen molar-refractivity contribution >= 4 is 5.97 Å². The lowest BCUT2D eigenvalue weighted by molar-refractivity contribution is -0.145. The number of methoxy groups -OCH3 is 3. The Kier molecular flexibility index (Phi) is 5.96. The van der Waals surface area contributed by atoms with Crippen molar-refractivity contribution in [1.29, 1.82) is 0 Å². The van der Waals surface area contributed by atoms with Gasteiger partial charge in [0.1, 0.15) is 5.75 Å². The van der Waals surface area contributed by atoms with E-state index in [-0.39, 0.29) is 0 Å². The van der Waals surface area contributed by atoms with Crippen molar-refractivity contribution in [3.63, 3.8) is 0 Å². The average molecular weight is 284 g/mol. The van der Waals surface area contributed by atoms with Gasteiger partial charge in [-0.2, -0.15) is 0 Å². The van der Waals surface area contributed by atoms with Gasteiger partial charge in [0.25, 0.3) is 0 Å². The average Bonchev–Trinajstić information content (AvgIpc) is 2.45. The molecule has 1 unspecified atom stereocenters. The number of rotatable bonds is 8. The summed E-state index contributed by atoms with van der Waals surface area (Å²) in [6.07, 6.45) is 0.232. The van der Waals surface area contributed by atoms with E-state index in [1.165, 1.54) is 21.3 Å². The van der Waals surface area contributed by atoms with E-state index in [0.717, 1.165) is 0 Å². The van der Waals surface area contributed by atoms with Gasteiger partial charge < -0.3 is 24.1 Å². The fourth-order valence-corrected chi connectivity index (χ4v) is 1.78. The highest BCUT2D eigenvalue weighted by Gasteiger charge is 2.21. The summed E-state index contributed by atoms with van der Waals surface area (Å²) in [4.78, 5) is 11.1. The maximum atomic E-state index is 11.1. The van der Waals surface area contributed by atoms with Crippen LogP contribution in [0.3, 0.4) is 0 Å². The molecule has 6 heteroatoms. The Bertz CT molecular complexity index is 432. The molecular formula is C14H20O6. The van der Waals surface area contributed by atoms with Gasteiger partial charge in [-0.1, -0.05) is 13.3 Å². The van der Waals surface area contributed by atoms with Gasteiger partial charge in [-0.05, 0) is 6.42 Å². The first-order valence-corrected chi connectivity index (χ1v) is 6.26. The van der Waals surface area contributed by atoms with Crippen molar-refractivity contribution in [3.8, 4) is 23.0 Å². The summed E-state index contributed by atoms with van der Waals surface area (Å²) in [7, 11) is 4.47. The number of hydrogen-bond donors (Lipinski definition) is 1. The van der Waals surface area contributed by atoms with Gasteiger partial charge >= 0.3 is 5.97 Å². The quantitative estimate of drug-likeness (QED) is 0.789. The lowest BCUT2D eigenvalue weighted by Gasteiger charge is -2.17. The van der Waals surface area contributed by atoms with Crippen molar-refractivity contribution in [2.45, 2.75) is 25.9 Å². The normalized spacial score (nSPS) is 11.6. The molecule has 1 N–H and O–H groups in total. The molecule has 0 radical (unpaired) electrons. The number of aliphatic carboxylic acids is 1. The second-order valence-electron chi connectivity index (χ2n) is 4.09. The molecule has 0 amide bonds. The Morgan fingerprint density at radius 1 is 1.15 bits per heavy atom. The maximum absolute atomic E-state index is 11.1. The minimum absolute atomic E-state index is 0.361. The van der Waals surface area contributed by atoms with Crippen LogP contribution in [0.4, 0.5) is 0 Å². The molecule has 0 aromatic heterocycles. The van der Waals surface area contributed by atoms with Gasteiger partial charge in [-0.25, -0.2) is 4.79 Å². The third-order valence-electron chi connectivity index (χ3n) is 2.74. The second-order valence-corrected chi connectivity index (χ2v) is 4.09. The van der Waals surface area contributed by atoms with Gasteiger partial charge in [0.05, 0.1) is 21.3 Å². The second kappa shape index (κ2) is 7.47. The minimum Gasteiger partial charge on any atom is -0.493 e. The zero-order valence-corrected chi connectivity index (χ0v) is 12.1. The number of carboxylic acid groups (broad SMARTS) is 1. The number of ether oxygens (including phenoxy) is 4. The van der Waals surface area contributed by atoms with Gasteiger partial charge in [0.2, 0.25) is 5.75 Å². The van der Waals surface area contributed by atoms with Gasteiger partial charge in [0, 0.05) is 12.1 Å². The Morgan fingerprint density at radius 2 is 1.70 bits per heavy atom. The first-order chi connectivity index (χ1) is 9.57. The Labute approximate surface area is 118 Å². The molecule has 0 bridgehead atoms. The smallest absolute Gasteiger partial charge is 0.344 e. The number of carbonyl (C=O) groups is 1. The molecule has 1 aromatic rings. The monoisotopic (exact) mass is 284 g/mol. The summed E-state index contributed by atoms with van der Waals surface area (Å²) in [5.74, 6) is 0.635. The molecule has 6 nitrogen and oxygen atoms in total. The van der Waals surface area contributed by atoms with Crippen LogP contribution in [-0.4, -0.2) is 38.5 Å². The summed E-state index contributed by atoms with van der Waals surface area (Å²) in [5, 5.41) is 9.11. The predicted octanol–water partition coefficient (Wildman–Crippen LogP) is 2.34. The molecule has 0 saturated carbocycles. The Balaban J connectivity index is 3.09. The predicted molar refractivity (Wildman–Crippen MR) is 73.1 cm³/mol. The topological polar surface area (TPSA) is 74.2 Å². The SMILES string of the molecule is CCCC(Oc1cc(OC)c(OC)c(OC)c1)C(=O)O. The third-order valence-corrected chi connectivity index (χ3v) is 2.74. The molecule has 20 heavy (non-hydrogen) atoms. The van der Waals surface area contributed by atoms with Crippen LogP contribution < -0.4 is 18.9 Å². The van der Waals surface area contributed by atoms with Crippen molar-refractivity contribution in [3.05, 3.63) is 12.1 Å². The third kappa shape index (κ3) is 3.69. The molecule has 0 heterocycles. The zero-order valence-electron chi connectivity index (χ0n) is 12.1. The minimum atomic E-state index is -0.999. The highest BCUT2D eigenvalue weighted by atomic mass is 16.5. The van der Waals surface area contributed by atoms with Crippen LogP contribution in [0.2, 0.25) is 0 Å². The molecule has 112 valence electrons. The molecular weight excluding hydrogens is 264 g/mol. The lowest BCUT2D eigenvalue weighted by atomic mass is 10.2. The van der Waals surface area contributed by atoms with Crippen LogP contribution in [0, 0.1) is 0 Å². The molecule has 0 aliphatic heterocycles. The van der Waals surface area contributed by atoms with Crippen LogP contribution in [0.1, 0.15) is 19.8 Å². The number of benzene rings is 1. The van der Waals surface area contributed by atoms with Gasteiger partial charge in [-0.3, -0.25) is 0 Å². The molecule has 0 aliphatic rings. The van der Waals surface area contributed by atoms with Crippen LogP contribution in [0.15, 0.2) is 12.1 Å². The largest absolute Gasteiger partial charge is 0.493 e. The van der Waals surface area contributed by atoms with Crippen LogP contribution >= 0.6 is 0 Å². The van der Waals surface area contributed by atoms with Crippen molar-refractivity contribution in [1.82, 2.24) is 0 Å². The van der Waals surface area contributed by atoms with Crippen LogP contribution in [0.25, 0.3) is 0 Å². The summed E-state index contributed by atoms with van der Waals surface area (Å²) in [5.41, 5.74) is 0. The van der Waals surface area contributed by atoms with Crippen molar-refractivity contribution in [2.24, 2.45) is 0 Å². The first kappa shape index (κ1) is 15.9. The highest BCUT2D eigenvalue weighted by molar-refractivity contribution is 5.72. The molecule has 1 rings (SSSR count). The van der Waals surface area contributed by atoms with Gasteiger partial charge in [-0.15, -0.1) is 0 Å². The standard InChI is InChI=1S/C14H20O6/c1-5-6-10(14(15)16)20-9-7-11(17-2)13(19-4)12(8-9)18-3/h7-8,10H,5-6H2,1-4H3,(H,15,16). The van der Waals surface area contributed by atoms with E-state index in [2.05, 4.69) is 0 Å². The maximum Gasteiger partial charge on any atom is 0.344 e. The molecule has 1 atom stereocenters. The van der Waals surface area contributed by atoms with Crippen LogP contribution in [-0.2, 0) is 4.79 Å². The number of carboxylic acids is 1. The number of hydrogen-bond acceptors (Lipinski definition) is 5. The Morgan fingerprint density at radius 3 is 2.05 bits per heavy atom. The van der Waals surface area contributed by atoms with Crippen molar-refractivity contribution < 1.29 is 28.8 Å². The first-order valence-electron chi connectivity index (χ1n) is 6.26. The van der Waals surface area contributed by atoms with Crippen LogP contribution in [0.5, 0.6) is 23.0 Å². The van der Waals surface area contributed by atoms with E-state index >= 15 is 0 Å². The summed E-state index contributed by atoms with van der Waals surface area (Å²) in [6, 6.07) is 3.15. The van der Waals surface area contributed by atoms with E-state index in [1.54, 1.807) is 12.1 Å². The summed E-state index contributed by atoms with van der Waals surface area (Å²) < 4.78 is 21.1. The fourth-order valence-electron chi connectivity index (χ4n) is 1.78.